The molecule has 0 bridgehead atoms. The van der Waals surface area contributed by atoms with E-state index in [-0.39, 0.29) is 32.4 Å². The lowest BCUT2D eigenvalue weighted by molar-refractivity contribution is -0.161. The number of carbonyl (C=O) groups excluding carboxylic acids is 1. The zero-order chi connectivity index (χ0) is 25.7. The molecule has 0 aromatic heterocycles. The van der Waals surface area contributed by atoms with Gasteiger partial charge in [0.15, 0.2) is 5.79 Å². The average Bonchev–Trinajstić information content (AvgIpc) is 3.09. The van der Waals surface area contributed by atoms with Gasteiger partial charge in [-0.15, -0.1) is 11.8 Å². The first-order valence-electron chi connectivity index (χ1n) is 11.0. The Bertz CT molecular complexity index is 1010. The van der Waals surface area contributed by atoms with Gasteiger partial charge in [-0.25, -0.2) is 0 Å². The summed E-state index contributed by atoms with van der Waals surface area (Å²) in [4.78, 5) is 11.8. The maximum absolute atomic E-state index is 12.8. The van der Waals surface area contributed by atoms with E-state index in [1.54, 1.807) is 11.8 Å². The highest BCUT2D eigenvalue weighted by Crippen LogP contribution is 2.37. The van der Waals surface area contributed by atoms with Crippen molar-refractivity contribution in [1.82, 2.24) is 0 Å². The van der Waals surface area contributed by atoms with Crippen LogP contribution in [0.4, 0.5) is 13.2 Å². The van der Waals surface area contributed by atoms with Crippen molar-refractivity contribution in [2.45, 2.75) is 50.2 Å². The van der Waals surface area contributed by atoms with Crippen LogP contribution in [-0.2, 0) is 25.2 Å². The highest BCUT2D eigenvalue weighted by atomic mass is 32.2. The number of hydrogen-bond acceptors (Lipinski definition) is 7. The minimum atomic E-state index is -4.40. The fraction of sp³-hybridized carbons (Fsp3) is 0.480. The Morgan fingerprint density at radius 1 is 1.09 bits per heavy atom. The zero-order valence-corrected chi connectivity index (χ0v) is 20.9. The largest absolute Gasteiger partial charge is 0.490 e. The first-order valence-corrected chi connectivity index (χ1v) is 12.0. The molecule has 0 amide bonds. The van der Waals surface area contributed by atoms with Gasteiger partial charge in [-0.1, -0.05) is 0 Å². The molecule has 1 fully saturated rings. The number of carbonyl (C=O) groups is 1. The van der Waals surface area contributed by atoms with Crippen LogP contribution < -0.4 is 9.47 Å². The molecule has 10 heteroatoms. The molecule has 0 saturated carbocycles. The van der Waals surface area contributed by atoms with Crippen LogP contribution >= 0.6 is 11.8 Å². The third-order valence-electron chi connectivity index (χ3n) is 5.12. The molecular weight excluding hydrogens is 485 g/mol. The van der Waals surface area contributed by atoms with Crippen molar-refractivity contribution < 1.29 is 41.7 Å². The summed E-state index contributed by atoms with van der Waals surface area (Å²) in [5, 5.41) is 0. The summed E-state index contributed by atoms with van der Waals surface area (Å²) in [7, 11) is 0. The molecule has 1 aliphatic heterocycles. The van der Waals surface area contributed by atoms with Crippen molar-refractivity contribution in [2.75, 3.05) is 32.2 Å². The van der Waals surface area contributed by atoms with Crippen LogP contribution in [-0.4, -0.2) is 49.5 Å². The molecule has 0 spiro atoms. The van der Waals surface area contributed by atoms with Crippen LogP contribution in [0.2, 0.25) is 0 Å². The number of rotatable bonds is 10. The predicted octanol–water partition coefficient (Wildman–Crippen LogP) is 5.65. The normalized spacial score (nSPS) is 19.4. The number of ether oxygens (including phenoxy) is 5. The fourth-order valence-corrected chi connectivity index (χ4v) is 4.53. The van der Waals surface area contributed by atoms with E-state index >= 15 is 0 Å². The van der Waals surface area contributed by atoms with E-state index in [0.717, 1.165) is 22.6 Å². The minimum Gasteiger partial charge on any atom is -0.490 e. The number of thioether (sulfide) groups is 1. The molecule has 1 atom stereocenters. The molecule has 192 valence electrons. The van der Waals surface area contributed by atoms with Crippen molar-refractivity contribution in [3.8, 4) is 11.5 Å². The van der Waals surface area contributed by atoms with Crippen molar-refractivity contribution in [3.05, 3.63) is 53.6 Å². The standard InChI is InChI=1S/C25H29F3O6S/c1-17-13-21(9-10-22(17)31-12-11-30-18(2)29)35-16-24(15-33-23(3,4)34-24)14-32-20-7-5-19(6-8-20)25(26,27)28/h5-10,13H,11-12,14-16H2,1-4H3. The topological polar surface area (TPSA) is 63.2 Å². The van der Waals surface area contributed by atoms with Gasteiger partial charge in [0.05, 0.1) is 12.2 Å². The molecule has 2 aromatic rings. The summed E-state index contributed by atoms with van der Waals surface area (Å²) in [6, 6.07) is 10.3. The molecule has 1 unspecified atom stereocenters. The van der Waals surface area contributed by atoms with Gasteiger partial charge < -0.3 is 23.7 Å². The number of esters is 1. The number of halogens is 3. The summed E-state index contributed by atoms with van der Waals surface area (Å²) in [5.41, 5.74) is -0.591. The monoisotopic (exact) mass is 514 g/mol. The molecular formula is C25H29F3O6S. The molecule has 0 radical (unpaired) electrons. The van der Waals surface area contributed by atoms with Gasteiger partial charge >= 0.3 is 12.1 Å². The van der Waals surface area contributed by atoms with Gasteiger partial charge in [-0.05, 0) is 68.8 Å². The molecule has 1 saturated heterocycles. The lowest BCUT2D eigenvalue weighted by Crippen LogP contribution is -2.43. The summed E-state index contributed by atoms with van der Waals surface area (Å²) in [5.74, 6) is 0.364. The van der Waals surface area contributed by atoms with E-state index in [4.69, 9.17) is 23.7 Å². The number of benzene rings is 2. The third-order valence-corrected chi connectivity index (χ3v) is 6.38. The van der Waals surface area contributed by atoms with Crippen LogP contribution in [0.5, 0.6) is 11.5 Å². The van der Waals surface area contributed by atoms with E-state index in [9.17, 15) is 18.0 Å². The number of hydrogen-bond donors (Lipinski definition) is 0. The third kappa shape index (κ3) is 8.05. The molecule has 0 aliphatic carbocycles. The van der Waals surface area contributed by atoms with Crippen LogP contribution in [0.15, 0.2) is 47.4 Å². The van der Waals surface area contributed by atoms with Gasteiger partial charge in [0.25, 0.3) is 0 Å². The maximum atomic E-state index is 12.8. The van der Waals surface area contributed by atoms with E-state index in [0.29, 0.717) is 17.3 Å². The van der Waals surface area contributed by atoms with Crippen LogP contribution in [0.1, 0.15) is 31.9 Å². The summed E-state index contributed by atoms with van der Waals surface area (Å²) in [6.07, 6.45) is -4.40. The van der Waals surface area contributed by atoms with Crippen molar-refractivity contribution in [2.24, 2.45) is 0 Å². The van der Waals surface area contributed by atoms with Crippen LogP contribution in [0, 0.1) is 6.92 Å². The highest BCUT2D eigenvalue weighted by molar-refractivity contribution is 7.99. The van der Waals surface area contributed by atoms with E-state index < -0.39 is 23.1 Å². The Morgan fingerprint density at radius 3 is 2.37 bits per heavy atom. The predicted molar refractivity (Wildman–Crippen MR) is 125 cm³/mol. The van der Waals surface area contributed by atoms with Crippen molar-refractivity contribution in [1.29, 1.82) is 0 Å². The molecule has 2 aromatic carbocycles. The van der Waals surface area contributed by atoms with Gasteiger partial charge in [0, 0.05) is 17.6 Å². The fourth-order valence-electron chi connectivity index (χ4n) is 3.45. The minimum absolute atomic E-state index is 0.116. The second-order valence-electron chi connectivity index (χ2n) is 8.69. The second kappa shape index (κ2) is 11.1. The van der Waals surface area contributed by atoms with E-state index in [1.807, 2.05) is 39.0 Å². The molecule has 0 N–H and O–H groups in total. The molecule has 6 nitrogen and oxygen atoms in total. The molecule has 1 aliphatic rings. The Balaban J connectivity index is 1.61. The number of aryl methyl sites for hydroxylation is 1. The van der Waals surface area contributed by atoms with Gasteiger partial charge in [0.2, 0.25) is 0 Å². The quantitative estimate of drug-likeness (QED) is 0.231. The summed E-state index contributed by atoms with van der Waals surface area (Å²) in [6.45, 7) is 7.73. The van der Waals surface area contributed by atoms with Gasteiger partial charge in [-0.3, -0.25) is 4.79 Å². The molecule has 1 heterocycles. The Hall–Kier alpha value is -2.43. The molecule has 35 heavy (non-hydrogen) atoms. The Morgan fingerprint density at radius 2 is 1.80 bits per heavy atom. The van der Waals surface area contributed by atoms with Crippen molar-refractivity contribution in [3.63, 3.8) is 0 Å². The van der Waals surface area contributed by atoms with Crippen molar-refractivity contribution >= 4 is 17.7 Å². The second-order valence-corrected chi connectivity index (χ2v) is 9.74. The Labute approximate surface area is 207 Å². The lowest BCUT2D eigenvalue weighted by Gasteiger charge is -2.29. The number of alkyl halides is 3. The van der Waals surface area contributed by atoms with Gasteiger partial charge in [-0.2, -0.15) is 13.2 Å². The average molecular weight is 515 g/mol. The van der Waals surface area contributed by atoms with Crippen LogP contribution in [0.25, 0.3) is 0 Å². The SMILES string of the molecule is CC(=O)OCCOc1ccc(SCC2(COc3ccc(C(F)(F)F)cc3)COC(C)(C)O2)cc1C. The summed E-state index contributed by atoms with van der Waals surface area (Å²) < 4.78 is 66.8. The molecule has 3 rings (SSSR count). The lowest BCUT2D eigenvalue weighted by atomic mass is 10.1. The first kappa shape index (κ1) is 27.2. The maximum Gasteiger partial charge on any atom is 0.416 e. The Kier molecular flexibility index (Phi) is 8.61. The van der Waals surface area contributed by atoms with E-state index in [2.05, 4.69) is 0 Å². The smallest absolute Gasteiger partial charge is 0.416 e. The highest BCUT2D eigenvalue weighted by Gasteiger charge is 2.46. The zero-order valence-electron chi connectivity index (χ0n) is 20.1. The first-order chi connectivity index (χ1) is 16.4. The van der Waals surface area contributed by atoms with Gasteiger partial charge in [0.1, 0.15) is 36.9 Å². The van der Waals surface area contributed by atoms with Crippen LogP contribution in [0.3, 0.4) is 0 Å². The van der Waals surface area contributed by atoms with E-state index in [1.165, 1.54) is 19.1 Å². The summed E-state index contributed by atoms with van der Waals surface area (Å²) >= 11 is 1.55.